The summed E-state index contributed by atoms with van der Waals surface area (Å²) in [6.07, 6.45) is 3.84. The van der Waals surface area contributed by atoms with Crippen molar-refractivity contribution in [2.45, 2.75) is 32.2 Å². The molecule has 5 nitrogen and oxygen atoms in total. The van der Waals surface area contributed by atoms with Gasteiger partial charge in [-0.05, 0) is 45.8 Å². The maximum Gasteiger partial charge on any atom is 0.324 e. The molecule has 2 saturated heterocycles. The van der Waals surface area contributed by atoms with Crippen LogP contribution >= 0.6 is 0 Å². The quantitative estimate of drug-likeness (QED) is 0.703. The highest BCUT2D eigenvalue weighted by Gasteiger charge is 2.29. The number of hydrogen-bond acceptors (Lipinski definition) is 5. The number of nitrogens with zero attached hydrogens (tertiary/aromatic N) is 2. The van der Waals surface area contributed by atoms with Gasteiger partial charge in [0, 0.05) is 26.2 Å². The van der Waals surface area contributed by atoms with Gasteiger partial charge in [0.1, 0.15) is 6.04 Å². The lowest BCUT2D eigenvalue weighted by atomic mass is 10.2. The van der Waals surface area contributed by atoms with E-state index in [0.717, 1.165) is 32.6 Å². The lowest BCUT2D eigenvalue weighted by Crippen LogP contribution is -2.55. The van der Waals surface area contributed by atoms with Crippen LogP contribution < -0.4 is 5.32 Å². The van der Waals surface area contributed by atoms with Crippen LogP contribution in [0.25, 0.3) is 0 Å². The zero-order valence-corrected chi connectivity index (χ0v) is 12.1. The summed E-state index contributed by atoms with van der Waals surface area (Å²) in [5.74, 6) is -0.0733. The first-order valence-corrected chi connectivity index (χ1v) is 7.65. The molecular formula is C14H27N3O2. The lowest BCUT2D eigenvalue weighted by molar-refractivity contribution is -0.150. The molecule has 0 aromatic rings. The molecule has 0 bridgehead atoms. The molecule has 0 saturated carbocycles. The fourth-order valence-corrected chi connectivity index (χ4v) is 2.99. The van der Waals surface area contributed by atoms with Gasteiger partial charge in [0.05, 0.1) is 6.61 Å². The average Bonchev–Trinajstić information content (AvgIpc) is 2.93. The minimum atomic E-state index is -0.0905. The number of carbonyl (C=O) groups excluding carboxylic acids is 1. The molecule has 0 radical (unpaired) electrons. The summed E-state index contributed by atoms with van der Waals surface area (Å²) in [5.41, 5.74) is 0. The Kier molecular flexibility index (Phi) is 6.07. The summed E-state index contributed by atoms with van der Waals surface area (Å²) in [6.45, 7) is 9.65. The molecule has 2 fully saturated rings. The molecule has 0 aliphatic carbocycles. The van der Waals surface area contributed by atoms with E-state index in [0.29, 0.717) is 6.61 Å². The van der Waals surface area contributed by atoms with Crippen LogP contribution in [0.15, 0.2) is 0 Å². The Bertz CT molecular complexity index is 280. The summed E-state index contributed by atoms with van der Waals surface area (Å²) < 4.78 is 5.16. The molecule has 19 heavy (non-hydrogen) atoms. The molecule has 0 aromatic heterocycles. The molecule has 0 amide bonds. The molecular weight excluding hydrogens is 242 g/mol. The van der Waals surface area contributed by atoms with Crippen molar-refractivity contribution in [1.82, 2.24) is 15.1 Å². The normalized spacial score (nSPS) is 25.6. The fourth-order valence-electron chi connectivity index (χ4n) is 2.99. The van der Waals surface area contributed by atoms with E-state index in [1.165, 1.54) is 32.5 Å². The van der Waals surface area contributed by atoms with Crippen LogP contribution in [0, 0.1) is 0 Å². The first-order chi connectivity index (χ1) is 9.31. The van der Waals surface area contributed by atoms with E-state index in [1.807, 2.05) is 6.92 Å². The third-order valence-corrected chi connectivity index (χ3v) is 4.03. The van der Waals surface area contributed by atoms with Gasteiger partial charge in [0.15, 0.2) is 0 Å². The molecule has 5 heteroatoms. The summed E-state index contributed by atoms with van der Waals surface area (Å²) >= 11 is 0. The Morgan fingerprint density at radius 1 is 1.26 bits per heavy atom. The third kappa shape index (κ3) is 4.44. The van der Waals surface area contributed by atoms with Gasteiger partial charge in [-0.3, -0.25) is 9.69 Å². The SMILES string of the molecule is CCOC(=O)C1CNCCN1CCCN1CCCC1. The molecule has 1 unspecified atom stereocenters. The second-order valence-electron chi connectivity index (χ2n) is 5.41. The molecule has 1 atom stereocenters. The van der Waals surface area contributed by atoms with Gasteiger partial charge < -0.3 is 15.0 Å². The number of piperazine rings is 1. The van der Waals surface area contributed by atoms with Crippen LogP contribution in [0.1, 0.15) is 26.2 Å². The fraction of sp³-hybridized carbons (Fsp3) is 0.929. The standard InChI is InChI=1S/C14H27N3O2/c1-2-19-14(18)13-12-15-6-11-17(13)10-5-9-16-7-3-4-8-16/h13,15H,2-12H2,1H3. The highest BCUT2D eigenvalue weighted by Crippen LogP contribution is 2.10. The van der Waals surface area contributed by atoms with E-state index in [4.69, 9.17) is 4.74 Å². The number of nitrogens with one attached hydrogen (secondary N) is 1. The van der Waals surface area contributed by atoms with Gasteiger partial charge in [0.25, 0.3) is 0 Å². The molecule has 2 heterocycles. The molecule has 2 aliphatic heterocycles. The van der Waals surface area contributed by atoms with Gasteiger partial charge in [-0.2, -0.15) is 0 Å². The number of likely N-dealkylation sites (tertiary alicyclic amines) is 1. The first-order valence-electron chi connectivity index (χ1n) is 7.65. The highest BCUT2D eigenvalue weighted by atomic mass is 16.5. The predicted octanol–water partition coefficient (Wildman–Crippen LogP) is 0.309. The average molecular weight is 269 g/mol. The first kappa shape index (κ1) is 14.8. The maximum atomic E-state index is 11.9. The molecule has 1 N–H and O–H groups in total. The van der Waals surface area contributed by atoms with E-state index < -0.39 is 0 Å². The second kappa shape index (κ2) is 7.82. The second-order valence-corrected chi connectivity index (χ2v) is 5.41. The van der Waals surface area contributed by atoms with Crippen molar-refractivity contribution < 1.29 is 9.53 Å². The number of rotatable bonds is 6. The minimum absolute atomic E-state index is 0.0733. The monoisotopic (exact) mass is 269 g/mol. The summed E-state index contributed by atoms with van der Waals surface area (Å²) in [6, 6.07) is -0.0905. The van der Waals surface area contributed by atoms with Crippen molar-refractivity contribution >= 4 is 5.97 Å². The van der Waals surface area contributed by atoms with Crippen molar-refractivity contribution in [3.8, 4) is 0 Å². The van der Waals surface area contributed by atoms with E-state index in [1.54, 1.807) is 0 Å². The summed E-state index contributed by atoms with van der Waals surface area (Å²) in [4.78, 5) is 16.7. The Hall–Kier alpha value is -0.650. The van der Waals surface area contributed by atoms with Crippen LogP contribution in [-0.2, 0) is 9.53 Å². The van der Waals surface area contributed by atoms with Crippen molar-refractivity contribution in [2.75, 3.05) is 52.4 Å². The van der Waals surface area contributed by atoms with Crippen LogP contribution in [0.4, 0.5) is 0 Å². The maximum absolute atomic E-state index is 11.9. The number of ether oxygens (including phenoxy) is 1. The van der Waals surface area contributed by atoms with Crippen LogP contribution in [0.3, 0.4) is 0 Å². The summed E-state index contributed by atoms with van der Waals surface area (Å²) in [5, 5.41) is 3.28. The Balaban J connectivity index is 1.73. The Morgan fingerprint density at radius 2 is 2.05 bits per heavy atom. The van der Waals surface area contributed by atoms with Gasteiger partial charge in [-0.1, -0.05) is 0 Å². The van der Waals surface area contributed by atoms with Gasteiger partial charge in [-0.25, -0.2) is 0 Å². The molecule has 2 rings (SSSR count). The third-order valence-electron chi connectivity index (χ3n) is 4.03. The van der Waals surface area contributed by atoms with Gasteiger partial charge in [-0.15, -0.1) is 0 Å². The largest absolute Gasteiger partial charge is 0.465 e. The van der Waals surface area contributed by atoms with Gasteiger partial charge >= 0.3 is 5.97 Å². The topological polar surface area (TPSA) is 44.8 Å². The Morgan fingerprint density at radius 3 is 2.79 bits per heavy atom. The van der Waals surface area contributed by atoms with Crippen molar-refractivity contribution in [1.29, 1.82) is 0 Å². The van der Waals surface area contributed by atoms with Crippen LogP contribution in [-0.4, -0.2) is 74.2 Å². The summed E-state index contributed by atoms with van der Waals surface area (Å²) in [7, 11) is 0. The van der Waals surface area contributed by atoms with Crippen molar-refractivity contribution in [3.05, 3.63) is 0 Å². The number of esters is 1. The predicted molar refractivity (Wildman–Crippen MR) is 75.2 cm³/mol. The molecule has 110 valence electrons. The molecule has 0 spiro atoms. The molecule has 2 aliphatic rings. The van der Waals surface area contributed by atoms with E-state index in [-0.39, 0.29) is 12.0 Å². The number of carbonyl (C=O) groups is 1. The van der Waals surface area contributed by atoms with Crippen LogP contribution in [0.5, 0.6) is 0 Å². The zero-order chi connectivity index (χ0) is 13.5. The Labute approximate surface area is 116 Å². The molecule has 0 aromatic carbocycles. The van der Waals surface area contributed by atoms with Crippen molar-refractivity contribution in [3.63, 3.8) is 0 Å². The minimum Gasteiger partial charge on any atom is -0.465 e. The van der Waals surface area contributed by atoms with Crippen LogP contribution in [0.2, 0.25) is 0 Å². The smallest absolute Gasteiger partial charge is 0.324 e. The van der Waals surface area contributed by atoms with E-state index in [9.17, 15) is 4.79 Å². The lowest BCUT2D eigenvalue weighted by Gasteiger charge is -2.34. The van der Waals surface area contributed by atoms with Crippen molar-refractivity contribution in [2.24, 2.45) is 0 Å². The highest BCUT2D eigenvalue weighted by molar-refractivity contribution is 5.76. The zero-order valence-electron chi connectivity index (χ0n) is 12.1. The van der Waals surface area contributed by atoms with E-state index >= 15 is 0 Å². The van der Waals surface area contributed by atoms with Gasteiger partial charge in [0.2, 0.25) is 0 Å². The number of hydrogen-bond donors (Lipinski definition) is 1. The van der Waals surface area contributed by atoms with E-state index in [2.05, 4.69) is 15.1 Å².